The van der Waals surface area contributed by atoms with E-state index in [-0.39, 0.29) is 72.2 Å². The summed E-state index contributed by atoms with van der Waals surface area (Å²) in [5.74, 6) is 0. The molecule has 0 saturated carbocycles. The van der Waals surface area contributed by atoms with Crippen molar-refractivity contribution >= 4 is 26.2 Å². The molecular weight excluding hydrogens is 280 g/mol. The van der Waals surface area contributed by atoms with Gasteiger partial charge in [0.25, 0.3) is 0 Å². The fourth-order valence-electron chi connectivity index (χ4n) is 0. The largest absolute Gasteiger partial charge is 2.00 e. The van der Waals surface area contributed by atoms with Crippen molar-refractivity contribution < 1.29 is 46.0 Å². The van der Waals surface area contributed by atoms with Gasteiger partial charge >= 0.3 is 29.6 Å². The second-order valence-corrected chi connectivity index (χ2v) is 0. The van der Waals surface area contributed by atoms with E-state index in [0.29, 0.717) is 0 Å². The molecule has 0 aliphatic carbocycles. The number of hydrogen-bond donors (Lipinski definition) is 0. The third kappa shape index (κ3) is 26.3. The Kier molecular flexibility index (Phi) is 608. The van der Waals surface area contributed by atoms with Gasteiger partial charge in [0, 0.05) is 26.2 Å². The van der Waals surface area contributed by atoms with Crippen molar-refractivity contribution in [2.75, 3.05) is 0 Å². The molecule has 0 saturated heterocycles. The zero-order chi connectivity index (χ0) is 0. The molecule has 0 amide bonds. The summed E-state index contributed by atoms with van der Waals surface area (Å²) in [6.45, 7) is 0. The Balaban J connectivity index is 0. The molecule has 0 spiro atoms. The summed E-state index contributed by atoms with van der Waals surface area (Å²) in [6, 6.07) is 0. The summed E-state index contributed by atoms with van der Waals surface area (Å²) in [5.41, 5.74) is 0. The molecule has 29 valence electrons. The zero-order valence-corrected chi connectivity index (χ0v) is 8.15. The normalized spacial score (nSPS) is 0. The van der Waals surface area contributed by atoms with Gasteiger partial charge in [-0.2, -0.15) is 0 Å². The van der Waals surface area contributed by atoms with Gasteiger partial charge in [0.2, 0.25) is 0 Å². The van der Waals surface area contributed by atoms with E-state index in [4.69, 9.17) is 0 Å². The minimum atomic E-state index is 0. The second kappa shape index (κ2) is 42.1. The van der Waals surface area contributed by atoms with E-state index in [1.165, 1.54) is 0 Å². The Labute approximate surface area is 71.5 Å². The molecule has 0 rings (SSSR count). The maximum Gasteiger partial charge on any atom is 1.00 e. The molecule has 5 heavy (non-hydrogen) atoms. The average molecular weight is 280 g/mol. The van der Waals surface area contributed by atoms with Gasteiger partial charge in [0.1, 0.15) is 0 Å². The predicted molar refractivity (Wildman–Crippen MR) is 7.81 cm³/mol. The van der Waals surface area contributed by atoms with Crippen LogP contribution in [0.2, 0.25) is 0 Å². The van der Waals surface area contributed by atoms with E-state index < -0.39 is 0 Å². The van der Waals surface area contributed by atoms with Gasteiger partial charge in [-0.3, -0.25) is 0 Å². The molecule has 0 heterocycles. The summed E-state index contributed by atoms with van der Waals surface area (Å²) >= 11 is 0. The molecule has 0 atom stereocenters. The third-order valence-electron chi connectivity index (χ3n) is 0. The SMILES string of the molecule is [Bi].[Na+].[O-2].[O-2].[O-2]. The summed E-state index contributed by atoms with van der Waals surface area (Å²) in [6.07, 6.45) is 0. The molecule has 0 N–H and O–H groups in total. The minimum absolute atomic E-state index is 0. The molecule has 0 fully saturated rings. The van der Waals surface area contributed by atoms with Crippen molar-refractivity contribution in [3.63, 3.8) is 0 Å². The molecule has 3 radical (unpaired) electrons. The first kappa shape index (κ1) is 72.3. The first-order chi connectivity index (χ1) is 0. The van der Waals surface area contributed by atoms with Crippen LogP contribution in [0.1, 0.15) is 0 Å². The summed E-state index contributed by atoms with van der Waals surface area (Å²) in [7, 11) is 0. The van der Waals surface area contributed by atoms with Crippen LogP contribution in [0.4, 0.5) is 0 Å². The van der Waals surface area contributed by atoms with Crippen LogP contribution in [0.25, 0.3) is 0 Å². The van der Waals surface area contributed by atoms with Gasteiger partial charge < -0.3 is 16.4 Å². The van der Waals surface area contributed by atoms with Crippen LogP contribution in [0.3, 0.4) is 0 Å². The molecule has 0 aliphatic rings. The van der Waals surface area contributed by atoms with Gasteiger partial charge in [-0.05, 0) is 0 Å². The van der Waals surface area contributed by atoms with Crippen LogP contribution in [0, 0.1) is 0 Å². The van der Waals surface area contributed by atoms with Crippen LogP contribution in [0.5, 0.6) is 0 Å². The summed E-state index contributed by atoms with van der Waals surface area (Å²) < 4.78 is 0. The standard InChI is InChI=1S/Bi.Na.3O/q;+1;3*-2. The molecule has 0 aromatic carbocycles. The Morgan fingerprint density at radius 2 is 0.600 bits per heavy atom. The monoisotopic (exact) mass is 280 g/mol. The van der Waals surface area contributed by atoms with Crippen LogP contribution in [0.15, 0.2) is 0 Å². The van der Waals surface area contributed by atoms with Crippen molar-refractivity contribution in [1.82, 2.24) is 0 Å². The Morgan fingerprint density at radius 1 is 0.600 bits per heavy atom. The van der Waals surface area contributed by atoms with E-state index in [1.54, 1.807) is 0 Å². The van der Waals surface area contributed by atoms with Crippen molar-refractivity contribution in [3.8, 4) is 0 Å². The number of rotatable bonds is 0. The van der Waals surface area contributed by atoms with Crippen molar-refractivity contribution in [2.24, 2.45) is 0 Å². The fraction of sp³-hybridized carbons (Fsp3) is 0. The van der Waals surface area contributed by atoms with Crippen LogP contribution in [-0.4, -0.2) is 26.2 Å². The predicted octanol–water partition coefficient (Wildman–Crippen LogP) is -3.73. The quantitative estimate of drug-likeness (QED) is 0.408. The molecule has 0 unspecified atom stereocenters. The number of hydrogen-bond acceptors (Lipinski definition) is 0. The fourth-order valence-corrected chi connectivity index (χ4v) is 0. The van der Waals surface area contributed by atoms with Crippen molar-refractivity contribution in [3.05, 3.63) is 0 Å². The maximum absolute atomic E-state index is 0. The van der Waals surface area contributed by atoms with Crippen LogP contribution in [-0.2, 0) is 16.4 Å². The average Bonchev–Trinajstić information content (AvgIpc) is 0. The molecule has 0 aromatic rings. The van der Waals surface area contributed by atoms with E-state index >= 15 is 0 Å². The van der Waals surface area contributed by atoms with E-state index in [2.05, 4.69) is 0 Å². The van der Waals surface area contributed by atoms with Gasteiger partial charge in [0.05, 0.1) is 0 Å². The maximum atomic E-state index is 0. The Morgan fingerprint density at radius 3 is 0.600 bits per heavy atom. The zero-order valence-electron chi connectivity index (χ0n) is 2.67. The van der Waals surface area contributed by atoms with Gasteiger partial charge in [0.15, 0.2) is 0 Å². The smallest absolute Gasteiger partial charge is 1.00 e. The minimum Gasteiger partial charge on any atom is -2.00 e. The van der Waals surface area contributed by atoms with Gasteiger partial charge in [-0.25, -0.2) is 0 Å². The van der Waals surface area contributed by atoms with Gasteiger partial charge in [-0.1, -0.05) is 0 Å². The van der Waals surface area contributed by atoms with Gasteiger partial charge in [-0.15, -0.1) is 0 Å². The second-order valence-electron chi connectivity index (χ2n) is 0. The Bertz CT molecular complexity index is 6.85. The molecule has 5 heteroatoms. The first-order valence-corrected chi connectivity index (χ1v) is 0. The third-order valence-corrected chi connectivity index (χ3v) is 0. The first-order valence-electron chi connectivity index (χ1n) is 0. The van der Waals surface area contributed by atoms with Crippen molar-refractivity contribution in [1.29, 1.82) is 0 Å². The summed E-state index contributed by atoms with van der Waals surface area (Å²) in [4.78, 5) is 0. The van der Waals surface area contributed by atoms with Crippen LogP contribution < -0.4 is 29.6 Å². The van der Waals surface area contributed by atoms with Crippen LogP contribution >= 0.6 is 0 Å². The molecule has 3 nitrogen and oxygen atoms in total. The topological polar surface area (TPSA) is 85.5 Å². The Hall–Kier alpha value is 1.76. The van der Waals surface area contributed by atoms with E-state index in [0.717, 1.165) is 0 Å². The molecule has 0 bridgehead atoms. The molecular formula is BiNaO3-5. The van der Waals surface area contributed by atoms with Crippen molar-refractivity contribution in [2.45, 2.75) is 0 Å². The van der Waals surface area contributed by atoms with E-state index in [1.807, 2.05) is 0 Å². The molecule has 0 aromatic heterocycles. The molecule has 0 aliphatic heterocycles. The summed E-state index contributed by atoms with van der Waals surface area (Å²) in [5, 5.41) is 0. The van der Waals surface area contributed by atoms with E-state index in [9.17, 15) is 0 Å².